The molecule has 1 rings (SSSR count). The summed E-state index contributed by atoms with van der Waals surface area (Å²) in [6.45, 7) is 5.50. The van der Waals surface area contributed by atoms with Gasteiger partial charge in [-0.05, 0) is 12.5 Å². The Morgan fingerprint density at radius 2 is 1.68 bits per heavy atom. The van der Waals surface area contributed by atoms with Crippen LogP contribution in [-0.2, 0) is 25.5 Å². The number of nitrogens with one attached hydrogen (secondary N) is 2. The Bertz CT molecular complexity index is 474. The van der Waals surface area contributed by atoms with E-state index in [0.717, 1.165) is 12.1 Å². The molecule has 0 aromatic heterocycles. The number of carbonyl (C=O) groups excluding carboxylic acids is 3. The van der Waals surface area contributed by atoms with E-state index in [1.165, 1.54) is 21.0 Å². The van der Waals surface area contributed by atoms with Crippen molar-refractivity contribution in [2.75, 3.05) is 13.7 Å². The molecule has 0 spiro atoms. The molecule has 0 aliphatic rings. The van der Waals surface area contributed by atoms with E-state index in [4.69, 9.17) is 0 Å². The van der Waals surface area contributed by atoms with Crippen LogP contribution in [0.4, 0.5) is 0 Å². The van der Waals surface area contributed by atoms with Gasteiger partial charge in [-0.1, -0.05) is 30.3 Å². The molecule has 0 radical (unpaired) electrons. The minimum Gasteiger partial charge on any atom is -0.467 e. The Kier molecular flexibility index (Phi) is 10.1. The number of methoxy groups -OCH3 is 1. The molecule has 1 aromatic rings. The molecule has 1 aromatic carbocycles. The van der Waals surface area contributed by atoms with Crippen molar-refractivity contribution in [3.63, 3.8) is 0 Å². The summed E-state index contributed by atoms with van der Waals surface area (Å²) in [5.41, 5.74) is 0.978. The monoisotopic (exact) mass is 308 g/mol. The molecular formula is C16H24N2O4. The Morgan fingerprint density at radius 1 is 1.09 bits per heavy atom. The summed E-state index contributed by atoms with van der Waals surface area (Å²) in [5.74, 6) is -0.636. The highest BCUT2D eigenvalue weighted by Crippen LogP contribution is 2.04. The molecule has 0 heterocycles. The average molecular weight is 308 g/mol. The lowest BCUT2D eigenvalue weighted by molar-refractivity contribution is -0.144. The van der Waals surface area contributed by atoms with E-state index in [1.54, 1.807) is 0 Å². The van der Waals surface area contributed by atoms with Crippen LogP contribution in [0.2, 0.25) is 0 Å². The van der Waals surface area contributed by atoms with Gasteiger partial charge in [-0.15, -0.1) is 0 Å². The maximum atomic E-state index is 11.4. The lowest BCUT2D eigenvalue weighted by atomic mass is 10.1. The lowest BCUT2D eigenvalue weighted by Gasteiger charge is -2.15. The van der Waals surface area contributed by atoms with E-state index < -0.39 is 12.0 Å². The molecule has 122 valence electrons. The number of carbonyl (C=O) groups is 3. The van der Waals surface area contributed by atoms with Gasteiger partial charge in [-0.3, -0.25) is 9.59 Å². The molecule has 0 saturated carbocycles. The fourth-order valence-corrected chi connectivity index (χ4v) is 1.68. The van der Waals surface area contributed by atoms with Crippen LogP contribution in [0.15, 0.2) is 30.3 Å². The topological polar surface area (TPSA) is 84.5 Å². The van der Waals surface area contributed by atoms with Gasteiger partial charge in [0.2, 0.25) is 11.8 Å². The van der Waals surface area contributed by atoms with E-state index in [1.807, 2.05) is 37.3 Å². The van der Waals surface area contributed by atoms with Gasteiger partial charge in [-0.25, -0.2) is 4.79 Å². The fraction of sp³-hybridized carbons (Fsp3) is 0.438. The van der Waals surface area contributed by atoms with Gasteiger partial charge in [0.15, 0.2) is 0 Å². The Labute approximate surface area is 131 Å². The van der Waals surface area contributed by atoms with E-state index in [-0.39, 0.29) is 11.8 Å². The number of benzene rings is 1. The third kappa shape index (κ3) is 9.52. The largest absolute Gasteiger partial charge is 0.467 e. The van der Waals surface area contributed by atoms with Crippen LogP contribution in [0.3, 0.4) is 0 Å². The van der Waals surface area contributed by atoms with Crippen LogP contribution >= 0.6 is 0 Å². The summed E-state index contributed by atoms with van der Waals surface area (Å²) < 4.78 is 4.63. The first-order valence-electron chi connectivity index (χ1n) is 7.04. The van der Waals surface area contributed by atoms with E-state index in [9.17, 15) is 14.4 Å². The average Bonchev–Trinajstić information content (AvgIpc) is 2.47. The standard InChI is InChI=1S/C12H15NO3.C4H9NO/c1-9(14)13-11(12(15)16-2)8-10-6-4-3-5-7-10;1-3-5-4(2)6/h3-7,11H,8H2,1-2H3,(H,13,14);3H2,1-2H3,(H,5,6). The number of hydrogen-bond donors (Lipinski definition) is 2. The molecule has 1 unspecified atom stereocenters. The number of hydrogen-bond acceptors (Lipinski definition) is 4. The van der Waals surface area contributed by atoms with Crippen molar-refractivity contribution in [1.82, 2.24) is 10.6 Å². The second-order valence-electron chi connectivity index (χ2n) is 4.55. The molecule has 1 atom stereocenters. The molecule has 6 heteroatoms. The van der Waals surface area contributed by atoms with Gasteiger partial charge in [0.05, 0.1) is 7.11 Å². The van der Waals surface area contributed by atoms with Crippen LogP contribution in [0, 0.1) is 0 Å². The maximum Gasteiger partial charge on any atom is 0.328 e. The van der Waals surface area contributed by atoms with Crippen LogP contribution in [-0.4, -0.2) is 37.5 Å². The fourth-order valence-electron chi connectivity index (χ4n) is 1.68. The van der Waals surface area contributed by atoms with Crippen LogP contribution in [0.1, 0.15) is 26.3 Å². The maximum absolute atomic E-state index is 11.4. The van der Waals surface area contributed by atoms with Crippen molar-refractivity contribution in [3.8, 4) is 0 Å². The van der Waals surface area contributed by atoms with Gasteiger partial charge in [-0.2, -0.15) is 0 Å². The predicted octanol–water partition coefficient (Wildman–Crippen LogP) is 1.05. The molecule has 0 aliphatic carbocycles. The summed E-state index contributed by atoms with van der Waals surface area (Å²) in [7, 11) is 1.31. The van der Waals surface area contributed by atoms with E-state index in [2.05, 4.69) is 15.4 Å². The van der Waals surface area contributed by atoms with Gasteiger partial charge >= 0.3 is 5.97 Å². The third-order valence-electron chi connectivity index (χ3n) is 2.57. The van der Waals surface area contributed by atoms with Gasteiger partial charge in [0.25, 0.3) is 0 Å². The molecule has 0 bridgehead atoms. The summed E-state index contributed by atoms with van der Waals surface area (Å²) in [6, 6.07) is 8.85. The molecule has 22 heavy (non-hydrogen) atoms. The number of esters is 1. The first-order valence-corrected chi connectivity index (χ1v) is 7.04. The number of amides is 2. The van der Waals surface area contributed by atoms with Crippen LogP contribution in [0.25, 0.3) is 0 Å². The highest BCUT2D eigenvalue weighted by molar-refractivity contribution is 5.83. The quantitative estimate of drug-likeness (QED) is 0.796. The molecule has 2 amide bonds. The Balaban J connectivity index is 0.000000626. The summed E-state index contributed by atoms with van der Waals surface area (Å²) in [5, 5.41) is 5.14. The normalized spacial score (nSPS) is 10.5. The van der Waals surface area contributed by atoms with Gasteiger partial charge in [0.1, 0.15) is 6.04 Å². The van der Waals surface area contributed by atoms with Gasteiger partial charge in [0, 0.05) is 26.8 Å². The molecule has 0 fully saturated rings. The molecule has 2 N–H and O–H groups in total. The second-order valence-corrected chi connectivity index (χ2v) is 4.55. The van der Waals surface area contributed by atoms with Crippen LogP contribution < -0.4 is 10.6 Å². The van der Waals surface area contributed by atoms with E-state index in [0.29, 0.717) is 6.42 Å². The molecule has 0 saturated heterocycles. The van der Waals surface area contributed by atoms with Crippen molar-refractivity contribution < 1.29 is 19.1 Å². The predicted molar refractivity (Wildman–Crippen MR) is 84.1 cm³/mol. The number of ether oxygens (including phenoxy) is 1. The third-order valence-corrected chi connectivity index (χ3v) is 2.57. The smallest absolute Gasteiger partial charge is 0.328 e. The Morgan fingerprint density at radius 3 is 2.05 bits per heavy atom. The highest BCUT2D eigenvalue weighted by atomic mass is 16.5. The summed E-state index contributed by atoms with van der Waals surface area (Å²) in [6.07, 6.45) is 0.438. The zero-order valence-electron chi connectivity index (χ0n) is 13.5. The first-order chi connectivity index (χ1) is 10.4. The molecule has 0 aliphatic heterocycles. The van der Waals surface area contributed by atoms with E-state index >= 15 is 0 Å². The first kappa shape index (κ1) is 19.6. The van der Waals surface area contributed by atoms with Gasteiger partial charge < -0.3 is 15.4 Å². The minimum atomic E-state index is -0.620. The minimum absolute atomic E-state index is 0.0394. The SMILES string of the molecule is CCNC(C)=O.COC(=O)C(Cc1ccccc1)NC(C)=O. The van der Waals surface area contributed by atoms with Crippen molar-refractivity contribution in [2.45, 2.75) is 33.2 Å². The zero-order chi connectivity index (χ0) is 17.0. The summed E-state index contributed by atoms with van der Waals surface area (Å²) in [4.78, 5) is 32.3. The highest BCUT2D eigenvalue weighted by Gasteiger charge is 2.20. The molecular weight excluding hydrogens is 284 g/mol. The van der Waals surface area contributed by atoms with Crippen molar-refractivity contribution in [2.24, 2.45) is 0 Å². The second kappa shape index (κ2) is 11.3. The number of rotatable bonds is 5. The van der Waals surface area contributed by atoms with Crippen molar-refractivity contribution >= 4 is 17.8 Å². The molecule has 6 nitrogen and oxygen atoms in total. The Hall–Kier alpha value is -2.37. The zero-order valence-corrected chi connectivity index (χ0v) is 13.5. The summed E-state index contributed by atoms with van der Waals surface area (Å²) >= 11 is 0. The van der Waals surface area contributed by atoms with Crippen molar-refractivity contribution in [3.05, 3.63) is 35.9 Å². The van der Waals surface area contributed by atoms with Crippen molar-refractivity contribution in [1.29, 1.82) is 0 Å². The van der Waals surface area contributed by atoms with Crippen LogP contribution in [0.5, 0.6) is 0 Å². The lowest BCUT2D eigenvalue weighted by Crippen LogP contribution is -2.41.